The average molecular weight is 293 g/mol. The molecule has 0 aromatic carbocycles. The fraction of sp³-hybridized carbons (Fsp3) is 0.467. The van der Waals surface area contributed by atoms with E-state index >= 15 is 0 Å². The standard InChI is InChI=1S/C15H27N5O/c1-5-14(12-17-6-2)8-10-18-15(20(4)13-21)19(3)11-7-9-16/h5-6,8,10,12,21H,1,7,9,11,13,16H2,2-4H3/b10-8+,14-12+,17-6?,18-15?. The second kappa shape index (κ2) is 11.9. The first-order chi connectivity index (χ1) is 10.1. The molecule has 0 aliphatic rings. The number of guanidine groups is 1. The summed E-state index contributed by atoms with van der Waals surface area (Å²) in [6.07, 6.45) is 9.44. The van der Waals surface area contributed by atoms with Crippen LogP contribution in [0, 0.1) is 0 Å². The number of hydrogen-bond acceptors (Lipinski definition) is 4. The van der Waals surface area contributed by atoms with Gasteiger partial charge in [-0.15, -0.1) is 0 Å². The van der Waals surface area contributed by atoms with Crippen LogP contribution in [0.3, 0.4) is 0 Å². The van der Waals surface area contributed by atoms with Crippen LogP contribution in [-0.4, -0.2) is 61.0 Å². The molecule has 6 heteroatoms. The Balaban J connectivity index is 5.02. The number of hydrogen-bond donors (Lipinski definition) is 2. The first-order valence-electron chi connectivity index (χ1n) is 6.88. The van der Waals surface area contributed by atoms with Crippen LogP contribution in [0.1, 0.15) is 13.3 Å². The molecule has 0 radical (unpaired) electrons. The SMILES string of the molecule is C=CC(/C=C/N=C(N(C)CO)N(C)CCCN)=C\N=CC. The van der Waals surface area contributed by atoms with Gasteiger partial charge in [0.15, 0.2) is 0 Å². The highest BCUT2D eigenvalue weighted by atomic mass is 16.3. The molecule has 0 amide bonds. The minimum Gasteiger partial charge on any atom is -0.376 e. The molecule has 0 bridgehead atoms. The maximum atomic E-state index is 9.27. The molecule has 0 aliphatic carbocycles. The Bertz CT molecular complexity index is 412. The molecule has 0 saturated heterocycles. The van der Waals surface area contributed by atoms with Crippen LogP contribution in [0.15, 0.2) is 46.7 Å². The fourth-order valence-electron chi connectivity index (χ4n) is 1.49. The normalized spacial score (nSPS) is 13.2. The van der Waals surface area contributed by atoms with E-state index in [4.69, 9.17) is 5.73 Å². The first kappa shape index (κ1) is 19.1. The van der Waals surface area contributed by atoms with Crippen molar-refractivity contribution in [3.63, 3.8) is 0 Å². The molecule has 3 N–H and O–H groups in total. The summed E-state index contributed by atoms with van der Waals surface area (Å²) in [7, 11) is 3.69. The third kappa shape index (κ3) is 8.06. The molecule has 118 valence electrons. The van der Waals surface area contributed by atoms with Crippen LogP contribution in [-0.2, 0) is 0 Å². The molecule has 0 spiro atoms. The van der Waals surface area contributed by atoms with Crippen molar-refractivity contribution in [2.45, 2.75) is 13.3 Å². The summed E-state index contributed by atoms with van der Waals surface area (Å²) in [5.74, 6) is 0.671. The van der Waals surface area contributed by atoms with E-state index in [9.17, 15) is 5.11 Å². The molecule has 0 aromatic rings. The van der Waals surface area contributed by atoms with E-state index in [-0.39, 0.29) is 6.73 Å². The summed E-state index contributed by atoms with van der Waals surface area (Å²) in [5, 5.41) is 9.27. The maximum absolute atomic E-state index is 9.27. The zero-order valence-electron chi connectivity index (χ0n) is 13.2. The number of aliphatic hydroxyl groups is 1. The highest BCUT2D eigenvalue weighted by Crippen LogP contribution is 2.01. The molecule has 0 atom stereocenters. The molecule has 0 saturated carbocycles. The topological polar surface area (TPSA) is 77.5 Å². The van der Waals surface area contributed by atoms with Gasteiger partial charge in [0, 0.05) is 39.3 Å². The number of allylic oxidation sites excluding steroid dienone is 3. The third-order valence-electron chi connectivity index (χ3n) is 2.66. The van der Waals surface area contributed by atoms with Crippen molar-refractivity contribution < 1.29 is 5.11 Å². The van der Waals surface area contributed by atoms with Crippen molar-refractivity contribution in [3.8, 4) is 0 Å². The van der Waals surface area contributed by atoms with Crippen molar-refractivity contribution in [2.75, 3.05) is 33.9 Å². The predicted octanol–water partition coefficient (Wildman–Crippen LogP) is 1.18. The lowest BCUT2D eigenvalue weighted by molar-refractivity contribution is 0.178. The molecule has 0 fully saturated rings. The summed E-state index contributed by atoms with van der Waals surface area (Å²) in [6.45, 7) is 6.86. The minimum absolute atomic E-state index is 0.107. The predicted molar refractivity (Wildman–Crippen MR) is 90.2 cm³/mol. The van der Waals surface area contributed by atoms with Crippen LogP contribution in [0.2, 0.25) is 0 Å². The van der Waals surface area contributed by atoms with Crippen molar-refractivity contribution in [1.29, 1.82) is 0 Å². The summed E-state index contributed by atoms with van der Waals surface area (Å²) in [5.41, 5.74) is 6.37. The van der Waals surface area contributed by atoms with Gasteiger partial charge < -0.3 is 20.6 Å². The number of aliphatic imine (C=N–C) groups is 2. The Hall–Kier alpha value is -1.92. The van der Waals surface area contributed by atoms with Gasteiger partial charge in [-0.1, -0.05) is 12.7 Å². The number of rotatable bonds is 8. The summed E-state index contributed by atoms with van der Waals surface area (Å²) < 4.78 is 0. The Morgan fingerprint density at radius 1 is 1.33 bits per heavy atom. The summed E-state index contributed by atoms with van der Waals surface area (Å²) in [6, 6.07) is 0. The number of nitrogens with zero attached hydrogens (tertiary/aromatic N) is 4. The van der Waals surface area contributed by atoms with Crippen molar-refractivity contribution in [1.82, 2.24) is 9.80 Å². The molecule has 0 rings (SSSR count). The van der Waals surface area contributed by atoms with Crippen LogP contribution >= 0.6 is 0 Å². The van der Waals surface area contributed by atoms with Crippen LogP contribution in [0.4, 0.5) is 0 Å². The second-order valence-corrected chi connectivity index (χ2v) is 4.39. The monoisotopic (exact) mass is 293 g/mol. The molecule has 0 heterocycles. The van der Waals surface area contributed by atoms with Crippen molar-refractivity contribution in [3.05, 3.63) is 36.7 Å². The van der Waals surface area contributed by atoms with Crippen LogP contribution < -0.4 is 5.73 Å². The maximum Gasteiger partial charge on any atom is 0.202 e. The largest absolute Gasteiger partial charge is 0.376 e. The van der Waals surface area contributed by atoms with Gasteiger partial charge in [-0.05, 0) is 31.5 Å². The van der Waals surface area contributed by atoms with Gasteiger partial charge in [0.2, 0.25) is 5.96 Å². The van der Waals surface area contributed by atoms with Gasteiger partial charge in [0.25, 0.3) is 0 Å². The average Bonchev–Trinajstić information content (AvgIpc) is 2.51. The molecule has 0 aliphatic heterocycles. The Morgan fingerprint density at radius 3 is 2.57 bits per heavy atom. The number of aliphatic hydroxyl groups excluding tert-OH is 1. The number of nitrogens with two attached hydrogens (primary N) is 1. The Kier molecular flexibility index (Phi) is 10.8. The summed E-state index contributed by atoms with van der Waals surface area (Å²) >= 11 is 0. The Morgan fingerprint density at radius 2 is 2.05 bits per heavy atom. The quantitative estimate of drug-likeness (QED) is 0.305. The van der Waals surface area contributed by atoms with E-state index < -0.39 is 0 Å². The third-order valence-corrected chi connectivity index (χ3v) is 2.66. The molecule has 0 unspecified atom stereocenters. The van der Waals surface area contributed by atoms with E-state index in [1.807, 2.05) is 24.9 Å². The zero-order valence-corrected chi connectivity index (χ0v) is 13.2. The molecule has 21 heavy (non-hydrogen) atoms. The highest BCUT2D eigenvalue weighted by molar-refractivity contribution is 5.80. The van der Waals surface area contributed by atoms with E-state index in [1.54, 1.807) is 36.6 Å². The highest BCUT2D eigenvalue weighted by Gasteiger charge is 2.09. The van der Waals surface area contributed by atoms with Gasteiger partial charge >= 0.3 is 0 Å². The Labute approximate surface area is 127 Å². The smallest absolute Gasteiger partial charge is 0.202 e. The van der Waals surface area contributed by atoms with Gasteiger partial charge in [-0.2, -0.15) is 0 Å². The van der Waals surface area contributed by atoms with Gasteiger partial charge in [-0.25, -0.2) is 4.99 Å². The van der Waals surface area contributed by atoms with Crippen molar-refractivity contribution >= 4 is 12.2 Å². The van der Waals surface area contributed by atoms with Gasteiger partial charge in [-0.3, -0.25) is 4.99 Å². The second-order valence-electron chi connectivity index (χ2n) is 4.39. The van der Waals surface area contributed by atoms with E-state index in [2.05, 4.69) is 16.6 Å². The summed E-state index contributed by atoms with van der Waals surface area (Å²) in [4.78, 5) is 12.0. The van der Waals surface area contributed by atoms with Crippen molar-refractivity contribution in [2.24, 2.45) is 15.7 Å². The molecular formula is C15H27N5O. The van der Waals surface area contributed by atoms with Crippen LogP contribution in [0.5, 0.6) is 0 Å². The van der Waals surface area contributed by atoms with Crippen LogP contribution in [0.25, 0.3) is 0 Å². The van der Waals surface area contributed by atoms with E-state index in [1.165, 1.54) is 0 Å². The lowest BCUT2D eigenvalue weighted by Gasteiger charge is -2.27. The molecular weight excluding hydrogens is 266 g/mol. The van der Waals surface area contributed by atoms with E-state index in [0.29, 0.717) is 12.5 Å². The minimum atomic E-state index is -0.107. The van der Waals surface area contributed by atoms with Gasteiger partial charge in [0.05, 0.1) is 0 Å². The molecule has 0 aromatic heterocycles. The lowest BCUT2D eigenvalue weighted by Crippen LogP contribution is -2.41. The van der Waals surface area contributed by atoms with E-state index in [0.717, 1.165) is 18.5 Å². The van der Waals surface area contributed by atoms with Gasteiger partial charge in [0.1, 0.15) is 6.73 Å². The first-order valence-corrected chi connectivity index (χ1v) is 6.88. The fourth-order valence-corrected chi connectivity index (χ4v) is 1.49. The lowest BCUT2D eigenvalue weighted by atomic mass is 10.3. The molecule has 6 nitrogen and oxygen atoms in total. The zero-order chi connectivity index (χ0) is 16.1.